The second-order valence-electron chi connectivity index (χ2n) is 6.03. The van der Waals surface area contributed by atoms with E-state index in [1.807, 2.05) is 32.3 Å². The van der Waals surface area contributed by atoms with Crippen LogP contribution in [0.1, 0.15) is 11.1 Å². The van der Waals surface area contributed by atoms with Crippen LogP contribution in [0.3, 0.4) is 0 Å². The highest BCUT2D eigenvalue weighted by Gasteiger charge is 2.05. The average Bonchev–Trinajstić information content (AvgIpc) is 2.68. The topological polar surface area (TPSA) is 58.1 Å². The van der Waals surface area contributed by atoms with Gasteiger partial charge in [-0.25, -0.2) is 0 Å². The molecule has 2 rings (SSSR count). The monoisotopic (exact) mass is 484 g/mol. The number of ether oxygens (including phenoxy) is 2. The Morgan fingerprint density at radius 1 is 0.889 bits per heavy atom. The van der Waals surface area contributed by atoms with Gasteiger partial charge in [0.15, 0.2) is 17.5 Å². The van der Waals surface area contributed by atoms with Gasteiger partial charge in [-0.3, -0.25) is 4.99 Å². The van der Waals surface area contributed by atoms with Gasteiger partial charge in [0.2, 0.25) is 0 Å². The Bertz CT molecular complexity index is 733. The standard InChI is InChI=1S/C20H28N4O2.HI/c1-21-20(22-13-15-6-9-17(10-7-15)24(2)3)23-14-16-8-11-18(25-4)19(12-16)26-5;/h6-12H,13-14H2,1-5H3,(H2,21,22,23);1H. The van der Waals surface area contributed by atoms with Gasteiger partial charge in [-0.1, -0.05) is 18.2 Å². The predicted octanol–water partition coefficient (Wildman–Crippen LogP) is 3.25. The summed E-state index contributed by atoms with van der Waals surface area (Å²) in [6.45, 7) is 1.35. The van der Waals surface area contributed by atoms with Gasteiger partial charge in [0.25, 0.3) is 0 Å². The molecule has 0 atom stereocenters. The van der Waals surface area contributed by atoms with Crippen molar-refractivity contribution in [1.29, 1.82) is 0 Å². The highest BCUT2D eigenvalue weighted by molar-refractivity contribution is 14.0. The fraction of sp³-hybridized carbons (Fsp3) is 0.350. The zero-order valence-electron chi connectivity index (χ0n) is 16.6. The van der Waals surface area contributed by atoms with E-state index in [0.29, 0.717) is 13.1 Å². The van der Waals surface area contributed by atoms with Crippen LogP contribution < -0.4 is 25.0 Å². The van der Waals surface area contributed by atoms with Gasteiger partial charge in [0.1, 0.15) is 0 Å². The molecule has 0 fully saturated rings. The normalized spacial score (nSPS) is 10.6. The third kappa shape index (κ3) is 6.82. The Kier molecular flexibility index (Phi) is 9.77. The van der Waals surface area contributed by atoms with Gasteiger partial charge < -0.3 is 25.0 Å². The minimum atomic E-state index is 0. The number of nitrogens with zero attached hydrogens (tertiary/aromatic N) is 2. The highest BCUT2D eigenvalue weighted by atomic mass is 127. The van der Waals surface area contributed by atoms with E-state index in [-0.39, 0.29) is 24.0 Å². The summed E-state index contributed by atoms with van der Waals surface area (Å²) in [6, 6.07) is 14.3. The number of methoxy groups -OCH3 is 2. The predicted molar refractivity (Wildman–Crippen MR) is 123 cm³/mol. The Morgan fingerprint density at radius 3 is 1.96 bits per heavy atom. The van der Waals surface area contributed by atoms with Gasteiger partial charge in [-0.15, -0.1) is 24.0 Å². The fourth-order valence-corrected chi connectivity index (χ4v) is 2.49. The zero-order chi connectivity index (χ0) is 18.9. The first-order valence-corrected chi connectivity index (χ1v) is 8.49. The van der Waals surface area contributed by atoms with Crippen LogP contribution >= 0.6 is 24.0 Å². The largest absolute Gasteiger partial charge is 0.493 e. The maximum Gasteiger partial charge on any atom is 0.191 e. The molecular formula is C20H29IN4O2. The summed E-state index contributed by atoms with van der Waals surface area (Å²) in [5, 5.41) is 6.63. The van der Waals surface area contributed by atoms with Crippen molar-refractivity contribution in [1.82, 2.24) is 10.6 Å². The van der Waals surface area contributed by atoms with E-state index in [2.05, 4.69) is 44.8 Å². The molecule has 0 saturated carbocycles. The van der Waals surface area contributed by atoms with Crippen LogP contribution in [0.25, 0.3) is 0 Å². The molecule has 2 aromatic rings. The van der Waals surface area contributed by atoms with Crippen LogP contribution in [0.4, 0.5) is 5.69 Å². The van der Waals surface area contributed by atoms with Crippen molar-refractivity contribution in [2.24, 2.45) is 4.99 Å². The second-order valence-corrected chi connectivity index (χ2v) is 6.03. The Labute approximate surface area is 179 Å². The van der Waals surface area contributed by atoms with Crippen LogP contribution in [0.5, 0.6) is 11.5 Å². The Hall–Kier alpha value is -2.16. The SMILES string of the molecule is CN=C(NCc1ccc(N(C)C)cc1)NCc1ccc(OC)c(OC)c1.I. The molecule has 0 heterocycles. The van der Waals surface area contributed by atoms with Gasteiger partial charge in [-0.2, -0.15) is 0 Å². The summed E-state index contributed by atoms with van der Waals surface area (Å²) < 4.78 is 10.6. The summed E-state index contributed by atoms with van der Waals surface area (Å²) in [5.41, 5.74) is 3.47. The van der Waals surface area contributed by atoms with Crippen molar-refractivity contribution in [2.75, 3.05) is 40.3 Å². The minimum absolute atomic E-state index is 0. The number of hydrogen-bond acceptors (Lipinski definition) is 4. The number of nitrogens with one attached hydrogen (secondary N) is 2. The number of guanidine groups is 1. The van der Waals surface area contributed by atoms with Crippen molar-refractivity contribution in [3.63, 3.8) is 0 Å². The Balaban J connectivity index is 0.00000364. The molecule has 2 aromatic carbocycles. The summed E-state index contributed by atoms with van der Waals surface area (Å²) in [4.78, 5) is 6.35. The number of anilines is 1. The third-order valence-electron chi connectivity index (χ3n) is 4.04. The molecule has 0 unspecified atom stereocenters. The number of halogens is 1. The summed E-state index contributed by atoms with van der Waals surface area (Å²) >= 11 is 0. The van der Waals surface area contributed by atoms with Crippen molar-refractivity contribution in [3.05, 3.63) is 53.6 Å². The number of rotatable bonds is 7. The lowest BCUT2D eigenvalue weighted by Gasteiger charge is -2.15. The molecule has 6 nitrogen and oxygen atoms in total. The lowest BCUT2D eigenvalue weighted by molar-refractivity contribution is 0.354. The fourth-order valence-electron chi connectivity index (χ4n) is 2.49. The van der Waals surface area contributed by atoms with E-state index in [1.165, 1.54) is 11.3 Å². The summed E-state index contributed by atoms with van der Waals surface area (Å²) in [6.07, 6.45) is 0. The van der Waals surface area contributed by atoms with E-state index in [9.17, 15) is 0 Å². The third-order valence-corrected chi connectivity index (χ3v) is 4.04. The van der Waals surface area contributed by atoms with E-state index >= 15 is 0 Å². The first kappa shape index (κ1) is 22.9. The molecule has 0 aliphatic carbocycles. The summed E-state index contributed by atoms with van der Waals surface area (Å²) in [7, 11) is 9.10. The average molecular weight is 484 g/mol. The summed E-state index contributed by atoms with van der Waals surface area (Å²) in [5.74, 6) is 2.19. The molecule has 2 N–H and O–H groups in total. The maximum absolute atomic E-state index is 5.34. The number of benzene rings is 2. The van der Waals surface area contributed by atoms with Crippen molar-refractivity contribution in [2.45, 2.75) is 13.1 Å². The number of hydrogen-bond donors (Lipinski definition) is 2. The molecule has 0 aromatic heterocycles. The van der Waals surface area contributed by atoms with E-state index < -0.39 is 0 Å². The van der Waals surface area contributed by atoms with E-state index in [1.54, 1.807) is 21.3 Å². The van der Waals surface area contributed by atoms with Crippen LogP contribution in [0, 0.1) is 0 Å². The minimum Gasteiger partial charge on any atom is -0.493 e. The number of aliphatic imine (C=N–C) groups is 1. The molecule has 148 valence electrons. The molecule has 27 heavy (non-hydrogen) atoms. The molecule has 0 saturated heterocycles. The molecule has 0 amide bonds. The highest BCUT2D eigenvalue weighted by Crippen LogP contribution is 2.27. The molecule has 7 heteroatoms. The lowest BCUT2D eigenvalue weighted by atomic mass is 10.2. The van der Waals surface area contributed by atoms with E-state index in [4.69, 9.17) is 9.47 Å². The van der Waals surface area contributed by atoms with Crippen LogP contribution in [0.2, 0.25) is 0 Å². The molecule has 0 bridgehead atoms. The van der Waals surface area contributed by atoms with Gasteiger partial charge in [-0.05, 0) is 35.4 Å². The van der Waals surface area contributed by atoms with Gasteiger partial charge in [0, 0.05) is 39.9 Å². The lowest BCUT2D eigenvalue weighted by Crippen LogP contribution is -2.36. The first-order chi connectivity index (χ1) is 12.6. The van der Waals surface area contributed by atoms with Crippen molar-refractivity contribution in [3.8, 4) is 11.5 Å². The maximum atomic E-state index is 5.34. The Morgan fingerprint density at radius 2 is 1.44 bits per heavy atom. The molecular weight excluding hydrogens is 455 g/mol. The van der Waals surface area contributed by atoms with Crippen LogP contribution in [-0.4, -0.2) is 41.3 Å². The van der Waals surface area contributed by atoms with Crippen molar-refractivity contribution < 1.29 is 9.47 Å². The molecule has 0 aliphatic rings. The first-order valence-electron chi connectivity index (χ1n) is 8.49. The van der Waals surface area contributed by atoms with Crippen molar-refractivity contribution >= 4 is 35.6 Å². The van der Waals surface area contributed by atoms with Gasteiger partial charge >= 0.3 is 0 Å². The zero-order valence-corrected chi connectivity index (χ0v) is 18.9. The van der Waals surface area contributed by atoms with Crippen LogP contribution in [0.15, 0.2) is 47.5 Å². The smallest absolute Gasteiger partial charge is 0.191 e. The quantitative estimate of drug-likeness (QED) is 0.359. The molecule has 0 aliphatic heterocycles. The van der Waals surface area contributed by atoms with Gasteiger partial charge in [0.05, 0.1) is 14.2 Å². The molecule has 0 spiro atoms. The molecule has 0 radical (unpaired) electrons. The van der Waals surface area contributed by atoms with E-state index in [0.717, 1.165) is 23.0 Å². The van der Waals surface area contributed by atoms with Crippen LogP contribution in [-0.2, 0) is 13.1 Å². The second kappa shape index (κ2) is 11.5.